The van der Waals surface area contributed by atoms with E-state index in [9.17, 15) is 38.9 Å². The van der Waals surface area contributed by atoms with E-state index in [1.807, 2.05) is 6.07 Å². The van der Waals surface area contributed by atoms with E-state index in [1.165, 1.54) is 0 Å². The summed E-state index contributed by atoms with van der Waals surface area (Å²) in [6.45, 7) is 3.90. The Morgan fingerprint density at radius 2 is 1.31 bits per heavy atom. The van der Waals surface area contributed by atoms with Crippen LogP contribution in [0.1, 0.15) is 56.7 Å². The van der Waals surface area contributed by atoms with Crippen molar-refractivity contribution in [3.05, 3.63) is 118 Å². The molecule has 0 aliphatic heterocycles. The van der Waals surface area contributed by atoms with E-state index in [-0.39, 0.29) is 39.0 Å². The lowest BCUT2D eigenvalue weighted by atomic mass is 10.0. The van der Waals surface area contributed by atoms with Crippen molar-refractivity contribution in [3.63, 3.8) is 0 Å². The first-order chi connectivity index (χ1) is 28.1. The molecule has 0 fully saturated rings. The van der Waals surface area contributed by atoms with Gasteiger partial charge in [0.2, 0.25) is 17.7 Å². The Labute approximate surface area is 340 Å². The van der Waals surface area contributed by atoms with Crippen LogP contribution in [0, 0.1) is 10.1 Å². The Kier molecular flexibility index (Phi) is 18.8. The molecule has 3 aromatic carbocycles. The number of nitro groups is 1. The van der Waals surface area contributed by atoms with Gasteiger partial charge in [-0.25, -0.2) is 24.7 Å². The van der Waals surface area contributed by atoms with Crippen molar-refractivity contribution in [2.45, 2.75) is 83.4 Å². The number of esters is 2. The van der Waals surface area contributed by atoms with E-state index in [0.717, 1.165) is 0 Å². The predicted octanol–water partition coefficient (Wildman–Crippen LogP) is 1.96. The van der Waals surface area contributed by atoms with Crippen molar-refractivity contribution >= 4 is 41.7 Å². The van der Waals surface area contributed by atoms with Gasteiger partial charge in [0, 0.05) is 13.0 Å². The van der Waals surface area contributed by atoms with Crippen molar-refractivity contribution in [1.82, 2.24) is 26.7 Å². The quantitative estimate of drug-likeness (QED) is 0.0171. The van der Waals surface area contributed by atoms with Crippen molar-refractivity contribution in [1.29, 1.82) is 0 Å². The van der Waals surface area contributed by atoms with Crippen molar-refractivity contribution in [2.24, 2.45) is 10.7 Å². The number of hydrogen-bond donors (Lipinski definition) is 6. The van der Waals surface area contributed by atoms with Crippen LogP contribution in [0.2, 0.25) is 0 Å². The highest BCUT2D eigenvalue weighted by molar-refractivity contribution is 5.95. The third-order valence-corrected chi connectivity index (χ3v) is 7.94. The zero-order chi connectivity index (χ0) is 43.2. The average Bonchev–Trinajstić information content (AvgIpc) is 3.19. The topological polar surface area (TPSA) is 272 Å². The summed E-state index contributed by atoms with van der Waals surface area (Å²) in [6.07, 6.45) is -1.49. The maximum Gasteiger partial charge on any atom is 0.408 e. The highest BCUT2D eigenvalue weighted by Crippen LogP contribution is 2.11. The summed E-state index contributed by atoms with van der Waals surface area (Å²) in [5.74, 6) is -4.71. The molecule has 3 aromatic rings. The number of benzene rings is 3. The normalized spacial score (nSPS) is 12.7. The molecular weight excluding hydrogens is 768 g/mol. The molecule has 59 heavy (non-hydrogen) atoms. The maximum atomic E-state index is 13.9. The number of nitrogens with one attached hydrogen (secondary N) is 5. The summed E-state index contributed by atoms with van der Waals surface area (Å²) < 4.78 is 16.2. The fraction of sp³-hybridized carbons (Fsp3) is 0.375. The molecule has 19 heteroatoms. The van der Waals surface area contributed by atoms with Crippen LogP contribution in [-0.4, -0.2) is 83.6 Å². The number of carbonyl (C=O) groups excluding carboxylic acids is 6. The Balaban J connectivity index is 1.75. The minimum atomic E-state index is -1.57. The van der Waals surface area contributed by atoms with Gasteiger partial charge in [-0.3, -0.25) is 19.2 Å². The van der Waals surface area contributed by atoms with E-state index in [1.54, 1.807) is 111 Å². The largest absolute Gasteiger partial charge is 0.461 e. The van der Waals surface area contributed by atoms with Gasteiger partial charge in [-0.1, -0.05) is 96.4 Å². The van der Waals surface area contributed by atoms with Gasteiger partial charge < -0.3 is 41.2 Å². The number of carbonyl (C=O) groups is 6. The van der Waals surface area contributed by atoms with Gasteiger partial charge in [0.1, 0.15) is 36.9 Å². The van der Waals surface area contributed by atoms with Crippen LogP contribution in [0.15, 0.2) is 96.0 Å². The monoisotopic (exact) mass is 818 g/mol. The molecule has 0 bridgehead atoms. The molecule has 0 saturated carbocycles. The van der Waals surface area contributed by atoms with Crippen LogP contribution in [0.3, 0.4) is 0 Å². The number of nitrogens with zero attached hydrogens (tertiary/aromatic N) is 2. The van der Waals surface area contributed by atoms with Gasteiger partial charge >= 0.3 is 18.0 Å². The lowest BCUT2D eigenvalue weighted by molar-refractivity contribution is -0.525. The zero-order valence-corrected chi connectivity index (χ0v) is 33.0. The van der Waals surface area contributed by atoms with E-state index in [2.05, 4.69) is 26.3 Å². The number of aliphatic imine (C=N–C) groups is 1. The first-order valence-corrected chi connectivity index (χ1v) is 18.6. The third-order valence-electron chi connectivity index (χ3n) is 7.94. The number of amides is 4. The summed E-state index contributed by atoms with van der Waals surface area (Å²) in [5, 5.41) is 19.5. The second-order valence-corrected chi connectivity index (χ2v) is 14.0. The molecule has 0 unspecified atom stereocenters. The van der Waals surface area contributed by atoms with Gasteiger partial charge in [0.05, 0.1) is 13.0 Å². The molecule has 0 heterocycles. The van der Waals surface area contributed by atoms with Crippen molar-refractivity contribution < 1.29 is 48.0 Å². The Bertz CT molecular complexity index is 1890. The lowest BCUT2D eigenvalue weighted by Crippen LogP contribution is -2.55. The molecular formula is C40H50N8O11. The third kappa shape index (κ3) is 19.1. The molecule has 0 spiro atoms. The van der Waals surface area contributed by atoms with Crippen LogP contribution >= 0.6 is 0 Å². The highest BCUT2D eigenvalue weighted by Gasteiger charge is 2.31. The summed E-state index contributed by atoms with van der Waals surface area (Å²) in [5.41, 5.74) is 8.29. The number of nitrogens with two attached hydrogens (primary N) is 1. The van der Waals surface area contributed by atoms with Crippen LogP contribution in [0.5, 0.6) is 0 Å². The summed E-state index contributed by atoms with van der Waals surface area (Å²) in [4.78, 5) is 93.8. The molecule has 0 aliphatic carbocycles. The fourth-order valence-corrected chi connectivity index (χ4v) is 5.20. The molecule has 3 rings (SSSR count). The molecule has 0 radical (unpaired) electrons. The average molecular weight is 819 g/mol. The summed E-state index contributed by atoms with van der Waals surface area (Å²) in [7, 11) is 0. The number of hydrogen-bond acceptors (Lipinski definition) is 12. The zero-order valence-electron chi connectivity index (χ0n) is 33.0. The summed E-state index contributed by atoms with van der Waals surface area (Å²) >= 11 is 0. The van der Waals surface area contributed by atoms with E-state index in [4.69, 9.17) is 19.9 Å². The lowest BCUT2D eigenvalue weighted by Gasteiger charge is -2.24. The standard InChI is InChI=1S/C40H50N8O11/c1-40(2,3)59-39(54)46-30(20-13-21-42-38(41)47-48(55)56)35(51)43-24-33(49)44-31(23-34(50)57-25-28-16-9-5-10-17-28)36(52)45-32(22-27-14-7-4-8-15-27)37(53)58-26-29-18-11-6-12-19-29/h4-12,14-19,30-32H,13,20-26H2,1-3H3,(H,43,51)(H,44,49)(H,45,52)(H,46,54)(H3,41,42,47)/t30-,31+,32-/m0/s1. The van der Waals surface area contributed by atoms with E-state index >= 15 is 0 Å². The maximum absolute atomic E-state index is 13.9. The second kappa shape index (κ2) is 23.9. The highest BCUT2D eigenvalue weighted by atomic mass is 16.7. The number of guanidine groups is 1. The van der Waals surface area contributed by atoms with Crippen molar-refractivity contribution in [3.8, 4) is 0 Å². The second-order valence-electron chi connectivity index (χ2n) is 14.0. The van der Waals surface area contributed by atoms with Gasteiger partial charge in [-0.05, 0) is 50.3 Å². The van der Waals surface area contributed by atoms with E-state index in [0.29, 0.717) is 16.7 Å². The minimum absolute atomic E-state index is 0.0194. The molecule has 7 N–H and O–H groups in total. The van der Waals surface area contributed by atoms with Gasteiger partial charge in [0.15, 0.2) is 5.03 Å². The first kappa shape index (κ1) is 46.3. The Morgan fingerprint density at radius 1 is 0.746 bits per heavy atom. The number of alkyl carbamates (subject to hydrolysis) is 1. The van der Waals surface area contributed by atoms with Gasteiger partial charge in [-0.15, -0.1) is 0 Å². The first-order valence-electron chi connectivity index (χ1n) is 18.6. The molecule has 0 saturated heterocycles. The van der Waals surface area contributed by atoms with Gasteiger partial charge in [-0.2, -0.15) is 0 Å². The molecule has 0 aromatic heterocycles. The Morgan fingerprint density at radius 3 is 1.86 bits per heavy atom. The fourth-order valence-electron chi connectivity index (χ4n) is 5.20. The number of ether oxygens (including phenoxy) is 3. The number of rotatable bonds is 21. The molecule has 316 valence electrons. The van der Waals surface area contributed by atoms with Crippen LogP contribution in [0.4, 0.5) is 4.79 Å². The van der Waals surface area contributed by atoms with Crippen LogP contribution in [-0.2, 0) is 57.8 Å². The Hall–Kier alpha value is -7.05. The van der Waals surface area contributed by atoms with Crippen LogP contribution in [0.25, 0.3) is 0 Å². The minimum Gasteiger partial charge on any atom is -0.461 e. The van der Waals surface area contributed by atoms with Gasteiger partial charge in [0.25, 0.3) is 5.96 Å². The summed E-state index contributed by atoms with van der Waals surface area (Å²) in [6, 6.07) is 22.4. The van der Waals surface area contributed by atoms with Crippen molar-refractivity contribution in [2.75, 3.05) is 13.1 Å². The molecule has 3 atom stereocenters. The van der Waals surface area contributed by atoms with Crippen LogP contribution < -0.4 is 32.4 Å². The molecule has 0 aliphatic rings. The smallest absolute Gasteiger partial charge is 0.408 e. The molecule has 4 amide bonds. The number of hydrazine groups is 1. The molecule has 19 nitrogen and oxygen atoms in total. The van der Waals surface area contributed by atoms with E-state index < -0.39 is 83.4 Å². The predicted molar refractivity (Wildman–Crippen MR) is 213 cm³/mol. The SMILES string of the molecule is CC(C)(C)OC(=O)N[C@@H](CCCN=C(N)N[N+](=O)[O-])C(=O)NCC(=O)N[C@H](CC(=O)OCc1ccccc1)C(=O)N[C@@H](Cc1ccccc1)C(=O)OCc1ccccc1.